The molecular weight excluding hydrogens is 327 g/mol. The molecule has 0 fully saturated rings. The average molecular weight is 344 g/mol. The molecule has 0 bridgehead atoms. The van der Waals surface area contributed by atoms with E-state index in [-0.39, 0.29) is 11.6 Å². The number of aliphatic hydroxyl groups is 1. The van der Waals surface area contributed by atoms with E-state index in [1.54, 1.807) is 37.3 Å². The molecule has 2 aromatic rings. The van der Waals surface area contributed by atoms with Gasteiger partial charge in [0.15, 0.2) is 5.69 Å². The van der Waals surface area contributed by atoms with E-state index in [9.17, 15) is 14.3 Å². The Bertz CT molecular complexity index is 783. The number of thioether (sulfide) groups is 1. The van der Waals surface area contributed by atoms with Gasteiger partial charge >= 0.3 is 0 Å². The largest absolute Gasteiger partial charge is 0.379 e. The highest BCUT2D eigenvalue weighted by atomic mass is 32.2. The van der Waals surface area contributed by atoms with Crippen LogP contribution in [0.2, 0.25) is 0 Å². The van der Waals surface area contributed by atoms with Crippen LogP contribution in [0.25, 0.3) is 4.85 Å². The lowest BCUT2D eigenvalue weighted by Gasteiger charge is -2.22. The summed E-state index contributed by atoms with van der Waals surface area (Å²) in [6, 6.07) is 10.8. The van der Waals surface area contributed by atoms with Gasteiger partial charge in [0.25, 0.3) is 5.91 Å². The number of halogens is 1. The van der Waals surface area contributed by atoms with Crippen LogP contribution in [0.5, 0.6) is 0 Å². The molecule has 6 heteroatoms. The average Bonchev–Trinajstić information content (AvgIpc) is 2.54. The van der Waals surface area contributed by atoms with Gasteiger partial charge in [-0.15, -0.1) is 11.8 Å². The second-order valence-corrected chi connectivity index (χ2v) is 6.63. The number of rotatable bonds is 5. The summed E-state index contributed by atoms with van der Waals surface area (Å²) in [6.07, 6.45) is 0. The van der Waals surface area contributed by atoms with E-state index in [1.165, 1.54) is 30.8 Å². The van der Waals surface area contributed by atoms with Gasteiger partial charge in [0, 0.05) is 16.3 Å². The summed E-state index contributed by atoms with van der Waals surface area (Å²) in [6.45, 7) is 10.2. The number of anilines is 1. The van der Waals surface area contributed by atoms with Gasteiger partial charge in [-0.3, -0.25) is 4.79 Å². The third-order valence-electron chi connectivity index (χ3n) is 3.40. The van der Waals surface area contributed by atoms with Crippen molar-refractivity contribution in [1.82, 2.24) is 0 Å². The SMILES string of the molecule is [C-]#[N+]c1ccc(NC(=O)[C@@](C)(O)CSc2ccc(F)cc2)cc1C. The highest BCUT2D eigenvalue weighted by Crippen LogP contribution is 2.26. The van der Waals surface area contributed by atoms with Crippen LogP contribution in [0.4, 0.5) is 15.8 Å². The van der Waals surface area contributed by atoms with Crippen molar-refractivity contribution in [3.05, 3.63) is 65.3 Å². The molecule has 4 nitrogen and oxygen atoms in total. The fraction of sp³-hybridized carbons (Fsp3) is 0.222. The number of carbonyl (C=O) groups excluding carboxylic acids is 1. The number of benzene rings is 2. The van der Waals surface area contributed by atoms with E-state index in [1.807, 2.05) is 0 Å². The van der Waals surface area contributed by atoms with Gasteiger partial charge in [0.2, 0.25) is 0 Å². The highest BCUT2D eigenvalue weighted by molar-refractivity contribution is 7.99. The molecule has 0 unspecified atom stereocenters. The molecule has 0 spiro atoms. The van der Waals surface area contributed by atoms with Crippen molar-refractivity contribution in [2.24, 2.45) is 0 Å². The van der Waals surface area contributed by atoms with Gasteiger partial charge in [0.1, 0.15) is 11.4 Å². The van der Waals surface area contributed by atoms with Gasteiger partial charge in [0.05, 0.1) is 6.57 Å². The molecule has 0 heterocycles. The first-order chi connectivity index (χ1) is 11.3. The Balaban J connectivity index is 2.00. The Hall–Kier alpha value is -2.36. The number of nitrogens with one attached hydrogen (secondary N) is 1. The van der Waals surface area contributed by atoms with Crippen molar-refractivity contribution >= 4 is 29.0 Å². The van der Waals surface area contributed by atoms with Crippen LogP contribution in [0, 0.1) is 19.3 Å². The van der Waals surface area contributed by atoms with Crippen LogP contribution in [-0.4, -0.2) is 22.4 Å². The summed E-state index contributed by atoms with van der Waals surface area (Å²) < 4.78 is 12.9. The third-order valence-corrected chi connectivity index (χ3v) is 4.71. The molecule has 0 aliphatic rings. The van der Waals surface area contributed by atoms with Crippen LogP contribution in [-0.2, 0) is 4.79 Å². The number of aryl methyl sites for hydroxylation is 1. The van der Waals surface area contributed by atoms with Crippen LogP contribution in [0.3, 0.4) is 0 Å². The lowest BCUT2D eigenvalue weighted by Crippen LogP contribution is -2.42. The summed E-state index contributed by atoms with van der Waals surface area (Å²) in [7, 11) is 0. The van der Waals surface area contributed by atoms with Crippen LogP contribution >= 0.6 is 11.8 Å². The topological polar surface area (TPSA) is 53.7 Å². The normalized spacial score (nSPS) is 13.0. The second-order valence-electron chi connectivity index (χ2n) is 5.58. The summed E-state index contributed by atoms with van der Waals surface area (Å²) >= 11 is 1.27. The molecule has 1 atom stereocenters. The molecule has 1 amide bonds. The zero-order valence-corrected chi connectivity index (χ0v) is 14.2. The van der Waals surface area contributed by atoms with E-state index in [0.29, 0.717) is 11.4 Å². The van der Waals surface area contributed by atoms with Gasteiger partial charge in [-0.2, -0.15) is 0 Å². The van der Waals surface area contributed by atoms with Crippen LogP contribution in [0.1, 0.15) is 12.5 Å². The maximum Gasteiger partial charge on any atom is 0.256 e. The zero-order valence-electron chi connectivity index (χ0n) is 13.3. The molecule has 0 aliphatic heterocycles. The number of hydrogen-bond donors (Lipinski definition) is 2. The maximum atomic E-state index is 12.9. The fourth-order valence-electron chi connectivity index (χ4n) is 1.94. The minimum atomic E-state index is -1.59. The van der Waals surface area contributed by atoms with Crippen molar-refractivity contribution in [2.45, 2.75) is 24.3 Å². The Morgan fingerprint density at radius 3 is 2.58 bits per heavy atom. The van der Waals surface area contributed by atoms with E-state index < -0.39 is 11.5 Å². The quantitative estimate of drug-likeness (QED) is 0.632. The predicted octanol–water partition coefficient (Wildman–Crippen LogP) is 4.17. The smallest absolute Gasteiger partial charge is 0.256 e. The molecule has 0 saturated heterocycles. The first-order valence-electron chi connectivity index (χ1n) is 7.22. The molecule has 2 rings (SSSR count). The van der Waals surface area contributed by atoms with Crippen LogP contribution < -0.4 is 5.32 Å². The van der Waals surface area contributed by atoms with E-state index in [4.69, 9.17) is 6.57 Å². The Kier molecular flexibility index (Phi) is 5.60. The summed E-state index contributed by atoms with van der Waals surface area (Å²) in [5, 5.41) is 13.0. The molecule has 0 radical (unpaired) electrons. The highest BCUT2D eigenvalue weighted by Gasteiger charge is 2.30. The van der Waals surface area contributed by atoms with E-state index in [2.05, 4.69) is 10.2 Å². The van der Waals surface area contributed by atoms with Crippen molar-refractivity contribution in [3.8, 4) is 0 Å². The monoisotopic (exact) mass is 344 g/mol. The lowest BCUT2D eigenvalue weighted by molar-refractivity contribution is -0.130. The van der Waals surface area contributed by atoms with Gasteiger partial charge < -0.3 is 10.4 Å². The molecular formula is C18H17FN2O2S. The first-order valence-corrected chi connectivity index (χ1v) is 8.21. The Morgan fingerprint density at radius 1 is 1.33 bits per heavy atom. The summed E-state index contributed by atoms with van der Waals surface area (Å²) in [5.74, 6) is -0.738. The molecule has 0 aliphatic carbocycles. The number of hydrogen-bond acceptors (Lipinski definition) is 3. The Morgan fingerprint density at radius 2 is 2.00 bits per heavy atom. The van der Waals surface area contributed by atoms with E-state index in [0.717, 1.165) is 10.5 Å². The van der Waals surface area contributed by atoms with Gasteiger partial charge in [-0.1, -0.05) is 6.07 Å². The third kappa shape index (κ3) is 4.57. The molecule has 0 saturated carbocycles. The van der Waals surface area contributed by atoms with Crippen molar-refractivity contribution in [1.29, 1.82) is 0 Å². The number of amides is 1. The first kappa shape index (κ1) is 18.0. The second kappa shape index (κ2) is 7.47. The maximum absolute atomic E-state index is 12.9. The van der Waals surface area contributed by atoms with Crippen LogP contribution in [0.15, 0.2) is 47.4 Å². The van der Waals surface area contributed by atoms with Gasteiger partial charge in [-0.05, 0) is 55.8 Å². The zero-order chi connectivity index (χ0) is 17.7. The standard InChI is InChI=1S/C18H17FN2O2S/c1-12-10-14(6-9-16(12)20-3)21-17(22)18(2,23)11-24-15-7-4-13(19)5-8-15/h4-10,23H,11H2,1-2H3,(H,21,22)/t18-/m0/s1. The minimum absolute atomic E-state index is 0.129. The predicted molar refractivity (Wildman–Crippen MR) is 93.8 cm³/mol. The summed E-state index contributed by atoms with van der Waals surface area (Å²) in [5.41, 5.74) is 0.206. The van der Waals surface area contributed by atoms with Gasteiger partial charge in [-0.25, -0.2) is 9.24 Å². The molecule has 2 N–H and O–H groups in total. The molecule has 2 aromatic carbocycles. The van der Waals surface area contributed by atoms with Crippen molar-refractivity contribution in [3.63, 3.8) is 0 Å². The number of nitrogens with zero attached hydrogens (tertiary/aromatic N) is 1. The molecule has 24 heavy (non-hydrogen) atoms. The summed E-state index contributed by atoms with van der Waals surface area (Å²) in [4.78, 5) is 16.4. The van der Waals surface area contributed by atoms with E-state index >= 15 is 0 Å². The molecule has 124 valence electrons. The Labute approximate surface area is 144 Å². The van der Waals surface area contributed by atoms with Crippen molar-refractivity contribution in [2.75, 3.05) is 11.1 Å². The number of carbonyl (C=O) groups is 1. The molecule has 0 aromatic heterocycles. The fourth-order valence-corrected chi connectivity index (χ4v) is 2.85. The lowest BCUT2D eigenvalue weighted by atomic mass is 10.1. The minimum Gasteiger partial charge on any atom is -0.379 e. The van der Waals surface area contributed by atoms with Crippen molar-refractivity contribution < 1.29 is 14.3 Å².